The topological polar surface area (TPSA) is 98.2 Å². The Bertz CT molecular complexity index is 1370. The molecular formula is C28H26N2O6. The molecule has 1 fully saturated rings. The Kier molecular flexibility index (Phi) is 6.10. The number of carbonyl (C=O) groups is 2. The van der Waals surface area contributed by atoms with Crippen LogP contribution < -0.4 is 14.2 Å². The highest BCUT2D eigenvalue weighted by Gasteiger charge is 2.47. The number of aliphatic hydroxyl groups is 1. The summed E-state index contributed by atoms with van der Waals surface area (Å²) < 4.78 is 16.9. The van der Waals surface area contributed by atoms with Gasteiger partial charge in [0.25, 0.3) is 11.7 Å². The minimum Gasteiger partial charge on any atom is -0.507 e. The van der Waals surface area contributed by atoms with Crippen LogP contribution in [0.5, 0.6) is 17.2 Å². The molecule has 0 bridgehead atoms. The Morgan fingerprint density at radius 1 is 1.14 bits per heavy atom. The molecule has 184 valence electrons. The van der Waals surface area contributed by atoms with Crippen LogP contribution in [-0.4, -0.2) is 47.0 Å². The Hall–Kier alpha value is -4.33. The van der Waals surface area contributed by atoms with Crippen molar-refractivity contribution in [2.45, 2.75) is 32.0 Å². The molecule has 0 radical (unpaired) electrons. The van der Waals surface area contributed by atoms with Crippen LogP contribution in [0.25, 0.3) is 5.76 Å². The lowest BCUT2D eigenvalue weighted by molar-refractivity contribution is -0.140. The molecule has 1 aromatic heterocycles. The number of hydrogen-bond donors (Lipinski definition) is 1. The molecule has 5 rings (SSSR count). The number of Topliss-reactive ketones (excluding diaryl/α,β-unsaturated/α-hetero) is 1. The molecule has 36 heavy (non-hydrogen) atoms. The van der Waals surface area contributed by atoms with Crippen molar-refractivity contribution < 1.29 is 28.9 Å². The fraction of sp³-hybridized carbons (Fsp3) is 0.250. The first-order chi connectivity index (χ1) is 17.4. The molecule has 0 saturated carbocycles. The van der Waals surface area contributed by atoms with E-state index in [4.69, 9.17) is 14.2 Å². The second-order valence-corrected chi connectivity index (χ2v) is 8.83. The van der Waals surface area contributed by atoms with E-state index in [0.29, 0.717) is 29.0 Å². The van der Waals surface area contributed by atoms with Gasteiger partial charge in [-0.3, -0.25) is 14.6 Å². The van der Waals surface area contributed by atoms with Crippen LogP contribution in [0.3, 0.4) is 0 Å². The van der Waals surface area contributed by atoms with Gasteiger partial charge in [-0.25, -0.2) is 0 Å². The van der Waals surface area contributed by atoms with Gasteiger partial charge in [0.2, 0.25) is 0 Å². The predicted octanol–water partition coefficient (Wildman–Crippen LogP) is 4.04. The average molecular weight is 487 g/mol. The lowest BCUT2D eigenvalue weighted by atomic mass is 9.93. The zero-order chi connectivity index (χ0) is 25.4. The summed E-state index contributed by atoms with van der Waals surface area (Å²) in [5, 5.41) is 11.5. The van der Waals surface area contributed by atoms with E-state index in [9.17, 15) is 14.7 Å². The molecule has 2 atom stereocenters. The molecule has 1 amide bonds. The molecule has 2 unspecified atom stereocenters. The number of nitrogens with zero attached hydrogens (tertiary/aromatic N) is 2. The third kappa shape index (κ3) is 3.94. The van der Waals surface area contributed by atoms with Gasteiger partial charge in [-0.1, -0.05) is 18.2 Å². The van der Waals surface area contributed by atoms with Gasteiger partial charge >= 0.3 is 0 Å². The van der Waals surface area contributed by atoms with Crippen LogP contribution in [0.15, 0.2) is 66.5 Å². The summed E-state index contributed by atoms with van der Waals surface area (Å²) in [4.78, 5) is 32.3. The molecule has 8 heteroatoms. The number of ether oxygens (including phenoxy) is 3. The van der Waals surface area contributed by atoms with Gasteiger partial charge in [0, 0.05) is 36.5 Å². The van der Waals surface area contributed by atoms with E-state index < -0.39 is 17.7 Å². The summed E-state index contributed by atoms with van der Waals surface area (Å²) in [7, 11) is 3.01. The maximum absolute atomic E-state index is 13.4. The van der Waals surface area contributed by atoms with Gasteiger partial charge in [0.05, 0.1) is 25.8 Å². The molecule has 2 aliphatic heterocycles. The first-order valence-corrected chi connectivity index (χ1v) is 11.6. The molecular weight excluding hydrogens is 460 g/mol. The molecule has 1 N–H and O–H groups in total. The quantitative estimate of drug-likeness (QED) is 0.319. The van der Waals surface area contributed by atoms with Crippen molar-refractivity contribution in [3.63, 3.8) is 0 Å². The van der Waals surface area contributed by atoms with Crippen LogP contribution in [-0.2, 0) is 22.6 Å². The minimum atomic E-state index is -0.904. The third-order valence-corrected chi connectivity index (χ3v) is 6.51. The second-order valence-electron chi connectivity index (χ2n) is 8.83. The number of carbonyl (C=O) groups excluding carboxylic acids is 2. The highest BCUT2D eigenvalue weighted by molar-refractivity contribution is 6.46. The van der Waals surface area contributed by atoms with Crippen molar-refractivity contribution in [1.29, 1.82) is 0 Å². The summed E-state index contributed by atoms with van der Waals surface area (Å²) in [6, 6.07) is 13.2. The summed E-state index contributed by atoms with van der Waals surface area (Å²) >= 11 is 0. The van der Waals surface area contributed by atoms with Crippen LogP contribution in [0.1, 0.15) is 35.2 Å². The third-order valence-electron chi connectivity index (χ3n) is 6.51. The average Bonchev–Trinajstić information content (AvgIpc) is 3.39. The maximum atomic E-state index is 13.4. The monoisotopic (exact) mass is 486 g/mol. The fourth-order valence-electron chi connectivity index (χ4n) is 4.91. The maximum Gasteiger partial charge on any atom is 0.295 e. The van der Waals surface area contributed by atoms with E-state index in [2.05, 4.69) is 4.98 Å². The molecule has 3 heterocycles. The summed E-state index contributed by atoms with van der Waals surface area (Å²) in [6.07, 6.45) is 4.00. The number of likely N-dealkylation sites (tertiary alicyclic amines) is 1. The number of aliphatic hydroxyl groups excluding tert-OH is 1. The minimum absolute atomic E-state index is 0.0117. The van der Waals surface area contributed by atoms with Crippen molar-refractivity contribution in [3.05, 3.63) is 88.8 Å². The highest BCUT2D eigenvalue weighted by Crippen LogP contribution is 2.46. The van der Waals surface area contributed by atoms with Gasteiger partial charge < -0.3 is 24.2 Å². The van der Waals surface area contributed by atoms with E-state index in [1.165, 1.54) is 19.1 Å². The van der Waals surface area contributed by atoms with Gasteiger partial charge in [-0.05, 0) is 48.4 Å². The van der Waals surface area contributed by atoms with Crippen molar-refractivity contribution in [2.24, 2.45) is 0 Å². The number of ketones is 1. The Labute approximate surface area is 208 Å². The van der Waals surface area contributed by atoms with Crippen LogP contribution in [0.4, 0.5) is 0 Å². The first-order valence-electron chi connectivity index (χ1n) is 11.6. The number of rotatable bonds is 6. The SMILES string of the molecule is COc1cccc(C2/C(=C(\O)c3ccc4c(c3)CC(C)O4)C(=O)C(=O)N2Cc2cccnc2)c1OC. The Balaban J connectivity index is 1.69. The molecule has 3 aromatic rings. The summed E-state index contributed by atoms with van der Waals surface area (Å²) in [5.41, 5.74) is 2.64. The van der Waals surface area contributed by atoms with Crippen LogP contribution >= 0.6 is 0 Å². The van der Waals surface area contributed by atoms with E-state index in [-0.39, 0.29) is 24.0 Å². The summed E-state index contributed by atoms with van der Waals surface area (Å²) in [5.74, 6) is -0.151. The van der Waals surface area contributed by atoms with Crippen LogP contribution in [0, 0.1) is 0 Å². The lowest BCUT2D eigenvalue weighted by Gasteiger charge is -2.27. The van der Waals surface area contributed by atoms with Gasteiger partial charge in [0.15, 0.2) is 11.5 Å². The Morgan fingerprint density at radius 3 is 2.69 bits per heavy atom. The number of aromatic nitrogens is 1. The van der Waals surface area contributed by atoms with E-state index in [0.717, 1.165) is 16.9 Å². The normalized spacial score (nSPS) is 20.2. The molecule has 8 nitrogen and oxygen atoms in total. The van der Waals surface area contributed by atoms with E-state index in [1.807, 2.05) is 19.1 Å². The number of fused-ring (bicyclic) bond motifs is 1. The smallest absolute Gasteiger partial charge is 0.295 e. The first kappa shape index (κ1) is 23.4. The zero-order valence-electron chi connectivity index (χ0n) is 20.2. The molecule has 0 aliphatic carbocycles. The number of pyridine rings is 1. The highest BCUT2D eigenvalue weighted by atomic mass is 16.5. The number of hydrogen-bond acceptors (Lipinski definition) is 7. The standard InChI is InChI=1S/C28H26N2O6/c1-16-12-19-13-18(9-10-21(19)36-16)25(31)23-24(20-7-4-8-22(34-2)27(20)35-3)30(28(33)26(23)32)15-17-6-5-11-29-14-17/h4-11,13-14,16,24,31H,12,15H2,1-3H3/b25-23+. The lowest BCUT2D eigenvalue weighted by Crippen LogP contribution is -2.29. The van der Waals surface area contributed by atoms with Gasteiger partial charge in [-0.2, -0.15) is 0 Å². The predicted molar refractivity (Wildman–Crippen MR) is 132 cm³/mol. The number of methoxy groups -OCH3 is 2. The fourth-order valence-corrected chi connectivity index (χ4v) is 4.91. The molecule has 0 spiro atoms. The zero-order valence-corrected chi connectivity index (χ0v) is 20.2. The van der Waals surface area contributed by atoms with Gasteiger partial charge in [-0.15, -0.1) is 0 Å². The largest absolute Gasteiger partial charge is 0.507 e. The van der Waals surface area contributed by atoms with Crippen molar-refractivity contribution in [2.75, 3.05) is 14.2 Å². The Morgan fingerprint density at radius 2 is 1.97 bits per heavy atom. The van der Waals surface area contributed by atoms with E-state index >= 15 is 0 Å². The molecule has 1 saturated heterocycles. The molecule has 2 aliphatic rings. The van der Waals surface area contributed by atoms with Crippen LogP contribution in [0.2, 0.25) is 0 Å². The van der Waals surface area contributed by atoms with Crippen molar-refractivity contribution in [1.82, 2.24) is 9.88 Å². The molecule has 2 aromatic carbocycles. The summed E-state index contributed by atoms with van der Waals surface area (Å²) in [6.45, 7) is 2.09. The van der Waals surface area contributed by atoms with Gasteiger partial charge in [0.1, 0.15) is 17.6 Å². The van der Waals surface area contributed by atoms with Crippen molar-refractivity contribution >= 4 is 17.4 Å². The number of para-hydroxylation sites is 1. The number of benzene rings is 2. The number of amides is 1. The van der Waals surface area contributed by atoms with Crippen molar-refractivity contribution in [3.8, 4) is 17.2 Å². The second kappa shape index (κ2) is 9.37. The van der Waals surface area contributed by atoms with E-state index in [1.54, 1.807) is 48.8 Å².